The van der Waals surface area contributed by atoms with Crippen molar-refractivity contribution in [1.29, 1.82) is 0 Å². The molecular weight excluding hydrogens is 361 g/mol. The first-order valence-corrected chi connectivity index (χ1v) is 9.43. The van der Waals surface area contributed by atoms with Gasteiger partial charge in [-0.1, -0.05) is 12.1 Å². The summed E-state index contributed by atoms with van der Waals surface area (Å²) in [5.74, 6) is -0.806. The molecule has 0 radical (unpaired) electrons. The third-order valence-electron chi connectivity index (χ3n) is 3.20. The van der Waals surface area contributed by atoms with Gasteiger partial charge in [-0.05, 0) is 25.0 Å². The Bertz CT molecular complexity index is 705. The number of aryl methyl sites for hydroxylation is 1. The topological polar surface area (TPSA) is 98.5 Å². The van der Waals surface area contributed by atoms with Crippen LogP contribution in [0.15, 0.2) is 18.2 Å². The van der Waals surface area contributed by atoms with Crippen molar-refractivity contribution in [3.05, 3.63) is 29.3 Å². The van der Waals surface area contributed by atoms with Gasteiger partial charge < -0.3 is 15.8 Å². The van der Waals surface area contributed by atoms with Crippen LogP contribution in [0, 0.1) is 6.92 Å². The zero-order valence-corrected chi connectivity index (χ0v) is 14.7. The number of carbonyl (C=O) groups excluding carboxylic acids is 1. The van der Waals surface area contributed by atoms with Crippen LogP contribution in [0.25, 0.3) is 0 Å². The van der Waals surface area contributed by atoms with E-state index in [2.05, 4.69) is 5.32 Å². The first-order valence-electron chi connectivity index (χ1n) is 7.37. The van der Waals surface area contributed by atoms with E-state index in [1.165, 1.54) is 6.07 Å². The van der Waals surface area contributed by atoms with E-state index in [-0.39, 0.29) is 24.5 Å². The van der Waals surface area contributed by atoms with E-state index in [0.717, 1.165) is 6.26 Å². The number of carbonyl (C=O) groups is 1. The highest BCUT2D eigenvalue weighted by Gasteiger charge is 2.29. The number of rotatable bonds is 8. The molecule has 3 N–H and O–H groups in total. The van der Waals surface area contributed by atoms with Crippen molar-refractivity contribution in [2.24, 2.45) is 5.73 Å². The molecule has 0 saturated carbocycles. The maximum atomic E-state index is 12.3. The van der Waals surface area contributed by atoms with Gasteiger partial charge in [-0.15, -0.1) is 0 Å². The molecule has 0 fully saturated rings. The fourth-order valence-corrected chi connectivity index (χ4v) is 2.57. The molecule has 1 aromatic rings. The summed E-state index contributed by atoms with van der Waals surface area (Å²) in [5, 5.41) is 2.47. The zero-order chi connectivity index (χ0) is 19.3. The standard InChI is InChI=1S/C15H21F3N2O4S/c1-10-3-4-11(13(7-10)24-9-15(16,17)18)8-20-14(21)12(19)5-6-25(2,22)23/h3-4,7,12H,5-6,8-9,19H2,1-2H3,(H,20,21). The molecule has 0 bridgehead atoms. The fourth-order valence-electron chi connectivity index (χ4n) is 1.89. The number of hydrogen-bond donors (Lipinski definition) is 2. The van der Waals surface area contributed by atoms with Gasteiger partial charge in [0.1, 0.15) is 15.6 Å². The predicted octanol–water partition coefficient (Wildman–Crippen LogP) is 1.31. The number of hydrogen-bond acceptors (Lipinski definition) is 5. The Hall–Kier alpha value is -1.81. The lowest BCUT2D eigenvalue weighted by atomic mass is 10.1. The summed E-state index contributed by atoms with van der Waals surface area (Å²) in [5.41, 5.74) is 6.68. The van der Waals surface area contributed by atoms with Crippen LogP contribution in [0.4, 0.5) is 13.2 Å². The minimum Gasteiger partial charge on any atom is -0.484 e. The summed E-state index contributed by atoms with van der Waals surface area (Å²) < 4.78 is 63.9. The Kier molecular flexibility index (Phi) is 7.24. The van der Waals surface area contributed by atoms with Gasteiger partial charge in [-0.25, -0.2) is 8.42 Å². The number of nitrogens with two attached hydrogens (primary N) is 1. The number of alkyl halides is 3. The van der Waals surface area contributed by atoms with Crippen molar-refractivity contribution in [1.82, 2.24) is 5.32 Å². The molecule has 1 atom stereocenters. The van der Waals surface area contributed by atoms with Crippen LogP contribution in [0.5, 0.6) is 5.75 Å². The lowest BCUT2D eigenvalue weighted by molar-refractivity contribution is -0.153. The van der Waals surface area contributed by atoms with E-state index < -0.39 is 34.6 Å². The number of sulfone groups is 1. The largest absolute Gasteiger partial charge is 0.484 e. The highest BCUT2D eigenvalue weighted by atomic mass is 32.2. The maximum absolute atomic E-state index is 12.3. The monoisotopic (exact) mass is 382 g/mol. The average molecular weight is 382 g/mol. The molecule has 0 aliphatic rings. The number of amides is 1. The third kappa shape index (κ3) is 8.73. The predicted molar refractivity (Wildman–Crippen MR) is 86.9 cm³/mol. The average Bonchev–Trinajstić information content (AvgIpc) is 2.47. The summed E-state index contributed by atoms with van der Waals surface area (Å²) in [6.45, 7) is 0.175. The molecule has 1 amide bonds. The minimum absolute atomic E-state index is 0.0160. The molecule has 1 unspecified atom stereocenters. The molecule has 0 aliphatic carbocycles. The van der Waals surface area contributed by atoms with Crippen LogP contribution in [0.1, 0.15) is 17.5 Å². The normalized spacial score (nSPS) is 13.4. The Morgan fingerprint density at radius 1 is 1.36 bits per heavy atom. The van der Waals surface area contributed by atoms with E-state index in [0.29, 0.717) is 11.1 Å². The second kappa shape index (κ2) is 8.52. The molecule has 1 rings (SSSR count). The van der Waals surface area contributed by atoms with Crippen molar-refractivity contribution in [2.45, 2.75) is 32.1 Å². The molecule has 0 spiro atoms. The highest BCUT2D eigenvalue weighted by Crippen LogP contribution is 2.23. The smallest absolute Gasteiger partial charge is 0.422 e. The van der Waals surface area contributed by atoms with Gasteiger partial charge in [0.05, 0.1) is 11.8 Å². The second-order valence-corrected chi connectivity index (χ2v) is 8.02. The molecular formula is C15H21F3N2O4S. The van der Waals surface area contributed by atoms with Gasteiger partial charge in [0.25, 0.3) is 0 Å². The van der Waals surface area contributed by atoms with Crippen LogP contribution >= 0.6 is 0 Å². The summed E-state index contributed by atoms with van der Waals surface area (Å²) in [7, 11) is -3.24. The third-order valence-corrected chi connectivity index (χ3v) is 4.18. The SMILES string of the molecule is Cc1ccc(CNC(=O)C(N)CCS(C)(=O)=O)c(OCC(F)(F)F)c1. The van der Waals surface area contributed by atoms with E-state index in [1.807, 2.05) is 0 Å². The molecule has 142 valence electrons. The van der Waals surface area contributed by atoms with Crippen LogP contribution in [0.3, 0.4) is 0 Å². The molecule has 0 saturated heterocycles. The Morgan fingerprint density at radius 2 is 2.00 bits per heavy atom. The molecule has 0 aromatic heterocycles. The molecule has 1 aromatic carbocycles. The molecule has 10 heteroatoms. The second-order valence-electron chi connectivity index (χ2n) is 5.76. The maximum Gasteiger partial charge on any atom is 0.422 e. The summed E-state index contributed by atoms with van der Waals surface area (Å²) in [6.07, 6.45) is -3.48. The van der Waals surface area contributed by atoms with E-state index in [4.69, 9.17) is 10.5 Å². The lowest BCUT2D eigenvalue weighted by Gasteiger charge is -2.16. The lowest BCUT2D eigenvalue weighted by Crippen LogP contribution is -2.41. The Morgan fingerprint density at radius 3 is 2.56 bits per heavy atom. The summed E-state index contributed by atoms with van der Waals surface area (Å²) in [4.78, 5) is 11.9. The Labute approximate surface area is 144 Å². The van der Waals surface area contributed by atoms with Crippen LogP contribution < -0.4 is 15.8 Å². The van der Waals surface area contributed by atoms with Crippen molar-refractivity contribution < 1.29 is 31.1 Å². The van der Waals surface area contributed by atoms with E-state index in [9.17, 15) is 26.4 Å². The van der Waals surface area contributed by atoms with Gasteiger partial charge >= 0.3 is 6.18 Å². The molecule has 0 aliphatic heterocycles. The van der Waals surface area contributed by atoms with Crippen molar-refractivity contribution >= 4 is 15.7 Å². The number of halogens is 3. The van der Waals surface area contributed by atoms with Crippen molar-refractivity contribution in [2.75, 3.05) is 18.6 Å². The zero-order valence-electron chi connectivity index (χ0n) is 13.9. The highest BCUT2D eigenvalue weighted by molar-refractivity contribution is 7.90. The molecule has 0 heterocycles. The minimum atomic E-state index is -4.47. The van der Waals surface area contributed by atoms with Gasteiger partial charge in [0, 0.05) is 18.4 Å². The Balaban J connectivity index is 2.68. The summed E-state index contributed by atoms with van der Waals surface area (Å²) >= 11 is 0. The number of nitrogens with one attached hydrogen (secondary N) is 1. The van der Waals surface area contributed by atoms with Gasteiger partial charge in [-0.3, -0.25) is 4.79 Å². The van der Waals surface area contributed by atoms with Crippen LogP contribution in [-0.2, 0) is 21.2 Å². The fraction of sp³-hybridized carbons (Fsp3) is 0.533. The first-order chi connectivity index (χ1) is 11.4. The van der Waals surface area contributed by atoms with Crippen LogP contribution in [-0.4, -0.2) is 45.2 Å². The van der Waals surface area contributed by atoms with Crippen molar-refractivity contribution in [3.63, 3.8) is 0 Å². The number of benzene rings is 1. The van der Waals surface area contributed by atoms with Gasteiger partial charge in [-0.2, -0.15) is 13.2 Å². The summed E-state index contributed by atoms with van der Waals surface area (Å²) in [6, 6.07) is 3.63. The van der Waals surface area contributed by atoms with Gasteiger partial charge in [0.2, 0.25) is 5.91 Å². The first kappa shape index (κ1) is 21.2. The van der Waals surface area contributed by atoms with Crippen LogP contribution in [0.2, 0.25) is 0 Å². The quantitative estimate of drug-likeness (QED) is 0.707. The molecule has 25 heavy (non-hydrogen) atoms. The van der Waals surface area contributed by atoms with E-state index in [1.54, 1.807) is 19.1 Å². The van der Waals surface area contributed by atoms with E-state index >= 15 is 0 Å². The van der Waals surface area contributed by atoms with Gasteiger partial charge in [0.15, 0.2) is 6.61 Å². The van der Waals surface area contributed by atoms with Crippen molar-refractivity contribution in [3.8, 4) is 5.75 Å². The molecule has 6 nitrogen and oxygen atoms in total. The number of ether oxygens (including phenoxy) is 1.